The Kier molecular flexibility index (Phi) is 10.3. The first-order valence-corrected chi connectivity index (χ1v) is 7.34. The van der Waals surface area contributed by atoms with Gasteiger partial charge in [0.25, 0.3) is 0 Å². The maximum absolute atomic E-state index is 12.8. The van der Waals surface area contributed by atoms with Gasteiger partial charge in [-0.25, -0.2) is 4.79 Å². The van der Waals surface area contributed by atoms with Crippen LogP contribution in [0.3, 0.4) is 0 Å². The molecule has 0 amide bonds. The lowest BCUT2D eigenvalue weighted by molar-refractivity contribution is -0.349. The van der Waals surface area contributed by atoms with Gasteiger partial charge in [-0.3, -0.25) is 0 Å². The molecular weight excluding hydrogens is 558 g/mol. The zero-order chi connectivity index (χ0) is 29.2. The predicted octanol–water partition coefficient (Wildman–Crippen LogP) is 7.53. The largest absolute Gasteiger partial charge is 0.478 e. The lowest BCUT2D eigenvalue weighted by Crippen LogP contribution is -2.52. The van der Waals surface area contributed by atoms with Crippen molar-refractivity contribution in [2.24, 2.45) is 0 Å². The van der Waals surface area contributed by atoms with Crippen LogP contribution in [0.15, 0.2) is 35.8 Å². The quantitative estimate of drug-likeness (QED) is 0.198. The fourth-order valence-corrected chi connectivity index (χ4v) is 1.05. The van der Waals surface area contributed by atoms with Crippen molar-refractivity contribution in [2.45, 2.75) is 43.0 Å². The van der Waals surface area contributed by atoms with Crippen LogP contribution in [0.2, 0.25) is 0 Å². The smallest absolute Gasteiger partial charge is 0.460 e. The van der Waals surface area contributed by atoms with E-state index in [0.29, 0.717) is 0 Å². The molecule has 35 heavy (non-hydrogen) atoms. The summed E-state index contributed by atoms with van der Waals surface area (Å²) in [4.78, 5) is 9.60. The van der Waals surface area contributed by atoms with Gasteiger partial charge in [-0.2, -0.15) is 79.0 Å². The molecule has 0 saturated carbocycles. The molecule has 21 heteroatoms. The highest BCUT2D eigenvalue weighted by Crippen LogP contribution is 2.53. The van der Waals surface area contributed by atoms with Gasteiger partial charge >= 0.3 is 54.0 Å². The van der Waals surface area contributed by atoms with Gasteiger partial charge in [0, 0.05) is 5.57 Å². The van der Waals surface area contributed by atoms with E-state index in [1.807, 2.05) is 0 Å². The van der Waals surface area contributed by atoms with Crippen molar-refractivity contribution in [1.29, 1.82) is 0 Å². The number of aliphatic carboxylic acids is 1. The molecule has 0 unspecified atom stereocenters. The SMILES string of the molecule is C=C(C)C(=O)O.FC(OC(F)=C(F)C(F)(F)C(F)(F)C(F)(F)F)=C(F)C(F)(F)C(F)(F)C(F)(F)F. The minimum atomic E-state index is -7.46. The summed E-state index contributed by atoms with van der Waals surface area (Å²) in [5.41, 5.74) is 0.176. The zero-order valence-corrected chi connectivity index (χ0v) is 15.8. The van der Waals surface area contributed by atoms with Gasteiger partial charge in [0.05, 0.1) is 0 Å². The van der Waals surface area contributed by atoms with Crippen LogP contribution in [0.1, 0.15) is 6.92 Å². The molecule has 0 saturated heterocycles. The molecule has 0 aromatic carbocycles. The molecule has 1 N–H and O–H groups in total. The third kappa shape index (κ3) is 7.12. The van der Waals surface area contributed by atoms with Crippen molar-refractivity contribution in [2.75, 3.05) is 0 Å². The fraction of sp³-hybridized carbons (Fsp3) is 0.500. The molecule has 0 aliphatic carbocycles. The van der Waals surface area contributed by atoms with E-state index >= 15 is 0 Å². The zero-order valence-electron chi connectivity index (χ0n) is 15.8. The topological polar surface area (TPSA) is 46.5 Å². The maximum Gasteiger partial charge on any atom is 0.460 e. The molecule has 0 aromatic rings. The summed E-state index contributed by atoms with van der Waals surface area (Å²) in [5.74, 6) is -39.8. The van der Waals surface area contributed by atoms with Gasteiger partial charge in [-0.15, -0.1) is 0 Å². The molecule has 3 nitrogen and oxygen atoms in total. The summed E-state index contributed by atoms with van der Waals surface area (Å²) >= 11 is 0. The Balaban J connectivity index is 0. The number of rotatable bonds is 7. The van der Waals surface area contributed by atoms with Gasteiger partial charge in [-0.1, -0.05) is 6.58 Å². The van der Waals surface area contributed by atoms with Crippen molar-refractivity contribution in [3.8, 4) is 0 Å². The van der Waals surface area contributed by atoms with Crippen molar-refractivity contribution in [3.05, 3.63) is 35.8 Å². The number of halogens is 18. The standard InChI is InChI=1S/C10F18O.C4H6O2/c11-1(5(15,16)7(19,20)9(23,24)25)3(13)29-4(14)2(12)6(17,18)8(21,22)10(26,27)28;1-3(2)4(5)6/h;1H2,2H3,(H,5,6). The lowest BCUT2D eigenvalue weighted by atomic mass is 10.1. The summed E-state index contributed by atoms with van der Waals surface area (Å²) in [5, 5.41) is 7.89. The molecule has 0 aliphatic heterocycles. The number of allylic oxidation sites excluding steroid dienone is 2. The Morgan fingerprint density at radius 1 is 0.629 bits per heavy atom. The van der Waals surface area contributed by atoms with E-state index in [4.69, 9.17) is 5.11 Å². The molecule has 0 aliphatic rings. The normalized spacial score (nSPS) is 15.4. The van der Waals surface area contributed by atoms with Crippen LogP contribution in [-0.4, -0.2) is 47.1 Å². The summed E-state index contributed by atoms with van der Waals surface area (Å²) in [6.07, 6.45) is -14.6. The molecule has 0 bridgehead atoms. The van der Waals surface area contributed by atoms with E-state index in [-0.39, 0.29) is 5.57 Å². The van der Waals surface area contributed by atoms with Crippen molar-refractivity contribution in [3.63, 3.8) is 0 Å². The Morgan fingerprint density at radius 2 is 0.829 bits per heavy atom. The molecule has 0 fully saturated rings. The van der Waals surface area contributed by atoms with Crippen LogP contribution < -0.4 is 0 Å². The maximum atomic E-state index is 12.8. The monoisotopic (exact) mass is 564 g/mol. The number of carboxylic acid groups (broad SMARTS) is 1. The van der Waals surface area contributed by atoms with Crippen LogP contribution in [0.5, 0.6) is 0 Å². The summed E-state index contributed by atoms with van der Waals surface area (Å²) in [7, 11) is 0. The number of carbonyl (C=O) groups is 1. The molecule has 0 aromatic heterocycles. The summed E-state index contributed by atoms with van der Waals surface area (Å²) in [6, 6.07) is -8.67. The second-order valence-electron chi connectivity index (χ2n) is 5.66. The molecule has 0 atom stereocenters. The Hall–Kier alpha value is -2.77. The van der Waals surface area contributed by atoms with Crippen LogP contribution in [-0.2, 0) is 9.53 Å². The minimum Gasteiger partial charge on any atom is -0.478 e. The number of hydrogen-bond donors (Lipinski definition) is 1. The molecule has 0 rings (SSSR count). The highest BCUT2D eigenvalue weighted by atomic mass is 19.4. The molecular formula is C14H6F18O3. The third-order valence-corrected chi connectivity index (χ3v) is 2.94. The van der Waals surface area contributed by atoms with Crippen LogP contribution in [0.4, 0.5) is 79.0 Å². The number of alkyl halides is 14. The average molecular weight is 564 g/mol. The Morgan fingerprint density at radius 3 is 0.971 bits per heavy atom. The number of carboxylic acids is 1. The minimum absolute atomic E-state index is 0.176. The molecule has 206 valence electrons. The fourth-order valence-electron chi connectivity index (χ4n) is 1.05. The molecule has 0 heterocycles. The third-order valence-electron chi connectivity index (χ3n) is 2.94. The van der Waals surface area contributed by atoms with Gasteiger partial charge < -0.3 is 9.84 Å². The van der Waals surface area contributed by atoms with Gasteiger partial charge in [0.1, 0.15) is 0 Å². The second kappa shape index (κ2) is 10.5. The Bertz CT molecular complexity index is 791. The number of ether oxygens (including phenoxy) is 1. The van der Waals surface area contributed by atoms with Crippen molar-refractivity contribution < 1.29 is 93.7 Å². The Labute approximate surface area is 179 Å². The van der Waals surface area contributed by atoms with E-state index in [1.54, 1.807) is 0 Å². The van der Waals surface area contributed by atoms with Crippen LogP contribution in [0.25, 0.3) is 0 Å². The summed E-state index contributed by atoms with van der Waals surface area (Å²) < 4.78 is 224. The first kappa shape index (κ1) is 34.4. The first-order chi connectivity index (χ1) is 15.0. The summed E-state index contributed by atoms with van der Waals surface area (Å²) in [6.45, 7) is 4.60. The van der Waals surface area contributed by atoms with Crippen molar-refractivity contribution in [1.82, 2.24) is 0 Å². The highest BCUT2D eigenvalue weighted by Gasteiger charge is 2.77. The van der Waals surface area contributed by atoms with E-state index in [2.05, 4.69) is 11.3 Å². The molecule has 0 radical (unpaired) electrons. The van der Waals surface area contributed by atoms with Crippen molar-refractivity contribution >= 4 is 5.97 Å². The highest BCUT2D eigenvalue weighted by molar-refractivity contribution is 5.84. The molecule has 0 spiro atoms. The van der Waals surface area contributed by atoms with Gasteiger partial charge in [-0.05, 0) is 6.92 Å². The average Bonchev–Trinajstić information content (AvgIpc) is 2.64. The van der Waals surface area contributed by atoms with Gasteiger partial charge in [0.2, 0.25) is 11.7 Å². The van der Waals surface area contributed by atoms with E-state index in [0.717, 1.165) is 0 Å². The first-order valence-electron chi connectivity index (χ1n) is 7.34. The van der Waals surface area contributed by atoms with Crippen LogP contribution in [0, 0.1) is 0 Å². The second-order valence-corrected chi connectivity index (χ2v) is 5.66. The van der Waals surface area contributed by atoms with Gasteiger partial charge in [0.15, 0.2) is 0 Å². The van der Waals surface area contributed by atoms with E-state index in [1.165, 1.54) is 6.92 Å². The van der Waals surface area contributed by atoms with Crippen LogP contribution >= 0.6 is 0 Å². The number of hydrogen-bond acceptors (Lipinski definition) is 2. The predicted molar refractivity (Wildman–Crippen MR) is 73.9 cm³/mol. The van der Waals surface area contributed by atoms with E-state index in [9.17, 15) is 83.8 Å². The van der Waals surface area contributed by atoms with E-state index < -0.39 is 65.7 Å². The lowest BCUT2D eigenvalue weighted by Gasteiger charge is -2.27.